The van der Waals surface area contributed by atoms with Gasteiger partial charge in [-0.15, -0.1) is 0 Å². The molecule has 1 atom stereocenters. The minimum Gasteiger partial charge on any atom is -0.376 e. The van der Waals surface area contributed by atoms with E-state index in [1.807, 2.05) is 4.90 Å². The molecule has 1 aromatic rings. The zero-order valence-electron chi connectivity index (χ0n) is 12.3. The molecule has 1 aromatic heterocycles. The Morgan fingerprint density at radius 1 is 1.32 bits per heavy atom. The van der Waals surface area contributed by atoms with Gasteiger partial charge in [-0.2, -0.15) is 5.26 Å². The van der Waals surface area contributed by atoms with Crippen molar-refractivity contribution in [1.82, 2.24) is 9.88 Å². The fourth-order valence-electron chi connectivity index (χ4n) is 2.65. The number of piperazine rings is 1. The van der Waals surface area contributed by atoms with E-state index in [-0.39, 0.29) is 5.91 Å². The van der Waals surface area contributed by atoms with E-state index in [1.165, 1.54) is 0 Å². The Morgan fingerprint density at radius 2 is 2.14 bits per heavy atom. The van der Waals surface area contributed by atoms with Gasteiger partial charge >= 0.3 is 0 Å². The number of hydrogen-bond donors (Lipinski definition) is 0. The molecule has 0 saturated carbocycles. The number of hydrogen-bond acceptors (Lipinski definition) is 6. The van der Waals surface area contributed by atoms with E-state index in [4.69, 9.17) is 14.7 Å². The summed E-state index contributed by atoms with van der Waals surface area (Å²) in [5.74, 6) is 0.779. The highest BCUT2D eigenvalue weighted by molar-refractivity contribution is 5.81. The summed E-state index contributed by atoms with van der Waals surface area (Å²) >= 11 is 0. The summed E-state index contributed by atoms with van der Waals surface area (Å²) in [4.78, 5) is 20.5. The van der Waals surface area contributed by atoms with Crippen LogP contribution in [0.3, 0.4) is 0 Å². The van der Waals surface area contributed by atoms with Gasteiger partial charge < -0.3 is 19.3 Å². The third-order valence-electron chi connectivity index (χ3n) is 3.88. The summed E-state index contributed by atoms with van der Waals surface area (Å²) in [7, 11) is 0. The molecule has 2 aliphatic rings. The van der Waals surface area contributed by atoms with Gasteiger partial charge in [-0.05, 0) is 12.1 Å². The minimum atomic E-state index is -0.472. The summed E-state index contributed by atoms with van der Waals surface area (Å²) in [6.45, 7) is 4.00. The molecule has 0 radical (unpaired) electrons. The number of rotatable bonds is 2. The average molecular weight is 302 g/mol. The number of aromatic nitrogens is 1. The highest BCUT2D eigenvalue weighted by atomic mass is 16.6. The number of carbonyl (C=O) groups is 1. The first kappa shape index (κ1) is 14.8. The molecule has 0 unspecified atom stereocenters. The van der Waals surface area contributed by atoms with Crippen LogP contribution in [0.15, 0.2) is 18.3 Å². The molecule has 2 saturated heterocycles. The first-order valence-electron chi connectivity index (χ1n) is 7.37. The van der Waals surface area contributed by atoms with E-state index in [1.54, 1.807) is 18.3 Å². The average Bonchev–Trinajstić information content (AvgIpc) is 2.62. The Balaban J connectivity index is 1.57. The van der Waals surface area contributed by atoms with Crippen LogP contribution in [0.5, 0.6) is 0 Å². The second kappa shape index (κ2) is 6.73. The van der Waals surface area contributed by atoms with E-state index in [2.05, 4.69) is 16.0 Å². The molecule has 22 heavy (non-hydrogen) atoms. The van der Waals surface area contributed by atoms with Gasteiger partial charge in [0.15, 0.2) is 6.10 Å². The number of anilines is 1. The first-order chi connectivity index (χ1) is 10.8. The van der Waals surface area contributed by atoms with Gasteiger partial charge in [0.25, 0.3) is 5.91 Å². The van der Waals surface area contributed by atoms with E-state index in [0.717, 1.165) is 5.82 Å². The van der Waals surface area contributed by atoms with Crippen LogP contribution in [0.25, 0.3) is 0 Å². The summed E-state index contributed by atoms with van der Waals surface area (Å²) in [6, 6.07) is 5.57. The topological polar surface area (TPSA) is 78.7 Å². The zero-order chi connectivity index (χ0) is 15.4. The molecule has 1 amide bonds. The Hall–Kier alpha value is -2.17. The molecule has 0 spiro atoms. The van der Waals surface area contributed by atoms with Crippen molar-refractivity contribution in [3.8, 4) is 6.07 Å². The van der Waals surface area contributed by atoms with Crippen molar-refractivity contribution >= 4 is 11.7 Å². The monoisotopic (exact) mass is 302 g/mol. The van der Waals surface area contributed by atoms with Crippen LogP contribution < -0.4 is 4.90 Å². The van der Waals surface area contributed by atoms with Crippen LogP contribution in [-0.2, 0) is 14.3 Å². The van der Waals surface area contributed by atoms with Crippen LogP contribution in [0.2, 0.25) is 0 Å². The van der Waals surface area contributed by atoms with Crippen molar-refractivity contribution in [2.24, 2.45) is 0 Å². The van der Waals surface area contributed by atoms with Gasteiger partial charge in [-0.3, -0.25) is 4.79 Å². The lowest BCUT2D eigenvalue weighted by Gasteiger charge is -2.37. The number of amides is 1. The summed E-state index contributed by atoms with van der Waals surface area (Å²) in [5, 5.41) is 8.94. The standard InChI is InChI=1S/C15H18N4O3/c16-10-12-1-2-17-14(9-12)18-3-5-19(6-4-18)15(20)13-11-21-7-8-22-13/h1-2,9,13H,3-8,11H2/t13-/m0/s1. The maximum Gasteiger partial charge on any atom is 0.254 e. The molecule has 3 rings (SSSR count). The van der Waals surface area contributed by atoms with E-state index >= 15 is 0 Å². The first-order valence-corrected chi connectivity index (χ1v) is 7.37. The van der Waals surface area contributed by atoms with Gasteiger partial charge in [-0.25, -0.2) is 4.98 Å². The predicted octanol–water partition coefficient (Wildman–Crippen LogP) is 0.0173. The number of nitrogens with zero attached hydrogens (tertiary/aromatic N) is 4. The molecule has 3 heterocycles. The highest BCUT2D eigenvalue weighted by Gasteiger charge is 2.30. The quantitative estimate of drug-likeness (QED) is 0.766. The predicted molar refractivity (Wildman–Crippen MR) is 78.3 cm³/mol. The molecule has 7 nitrogen and oxygen atoms in total. The Labute approximate surface area is 129 Å². The second-order valence-electron chi connectivity index (χ2n) is 5.26. The molecule has 0 aliphatic carbocycles. The lowest BCUT2D eigenvalue weighted by Crippen LogP contribution is -2.53. The van der Waals surface area contributed by atoms with E-state index in [0.29, 0.717) is 51.6 Å². The smallest absolute Gasteiger partial charge is 0.254 e. The second-order valence-corrected chi connectivity index (χ2v) is 5.26. The number of pyridine rings is 1. The van der Waals surface area contributed by atoms with Crippen molar-refractivity contribution in [1.29, 1.82) is 5.26 Å². The third kappa shape index (κ3) is 3.18. The molecule has 116 valence electrons. The fraction of sp³-hybridized carbons (Fsp3) is 0.533. The zero-order valence-corrected chi connectivity index (χ0v) is 12.3. The molecule has 0 aromatic carbocycles. The minimum absolute atomic E-state index is 0.00177. The Kier molecular flexibility index (Phi) is 4.51. The van der Waals surface area contributed by atoms with Crippen molar-refractivity contribution in [3.05, 3.63) is 23.9 Å². The largest absolute Gasteiger partial charge is 0.376 e. The van der Waals surface area contributed by atoms with Gasteiger partial charge in [0.2, 0.25) is 0 Å². The Morgan fingerprint density at radius 3 is 2.82 bits per heavy atom. The summed E-state index contributed by atoms with van der Waals surface area (Å²) in [5.41, 5.74) is 0.594. The molecular weight excluding hydrogens is 284 g/mol. The number of ether oxygens (including phenoxy) is 2. The number of carbonyl (C=O) groups excluding carboxylic acids is 1. The maximum atomic E-state index is 12.3. The third-order valence-corrected chi connectivity index (χ3v) is 3.88. The molecule has 0 N–H and O–H groups in total. The highest BCUT2D eigenvalue weighted by Crippen LogP contribution is 2.16. The van der Waals surface area contributed by atoms with Gasteiger partial charge in [0, 0.05) is 32.4 Å². The molecule has 7 heteroatoms. The van der Waals surface area contributed by atoms with Crippen molar-refractivity contribution in [2.75, 3.05) is 50.9 Å². The van der Waals surface area contributed by atoms with Crippen molar-refractivity contribution in [2.45, 2.75) is 6.10 Å². The van der Waals surface area contributed by atoms with Crippen LogP contribution in [-0.4, -0.2) is 67.9 Å². The van der Waals surface area contributed by atoms with E-state index in [9.17, 15) is 4.79 Å². The SMILES string of the molecule is N#Cc1ccnc(N2CCN(C(=O)[C@@H]3COCCO3)CC2)c1. The molecule has 2 fully saturated rings. The van der Waals surface area contributed by atoms with Crippen LogP contribution >= 0.6 is 0 Å². The fourth-order valence-corrected chi connectivity index (χ4v) is 2.65. The summed E-state index contributed by atoms with van der Waals surface area (Å²) < 4.78 is 10.7. The van der Waals surface area contributed by atoms with Gasteiger partial charge in [-0.1, -0.05) is 0 Å². The van der Waals surface area contributed by atoms with Crippen LogP contribution in [0.4, 0.5) is 5.82 Å². The molecular formula is C15H18N4O3. The van der Waals surface area contributed by atoms with Gasteiger partial charge in [0.05, 0.1) is 31.5 Å². The van der Waals surface area contributed by atoms with Gasteiger partial charge in [0.1, 0.15) is 5.82 Å². The summed E-state index contributed by atoms with van der Waals surface area (Å²) in [6.07, 6.45) is 1.17. The maximum absolute atomic E-state index is 12.3. The van der Waals surface area contributed by atoms with Crippen LogP contribution in [0.1, 0.15) is 5.56 Å². The Bertz CT molecular complexity index is 572. The van der Waals surface area contributed by atoms with Crippen molar-refractivity contribution < 1.29 is 14.3 Å². The lowest BCUT2D eigenvalue weighted by atomic mass is 10.2. The molecule has 0 bridgehead atoms. The molecule has 2 aliphatic heterocycles. The number of nitriles is 1. The van der Waals surface area contributed by atoms with E-state index < -0.39 is 6.10 Å². The van der Waals surface area contributed by atoms with Crippen LogP contribution in [0, 0.1) is 11.3 Å². The van der Waals surface area contributed by atoms with Crippen molar-refractivity contribution in [3.63, 3.8) is 0 Å². The lowest BCUT2D eigenvalue weighted by molar-refractivity contribution is -0.158. The normalized spacial score (nSPS) is 22.2.